The van der Waals surface area contributed by atoms with Gasteiger partial charge in [0.25, 0.3) is 0 Å². The van der Waals surface area contributed by atoms with Crippen molar-refractivity contribution >= 4 is 17.6 Å². The first-order valence-electron chi connectivity index (χ1n) is 10.4. The number of aromatic nitrogens is 2. The Morgan fingerprint density at radius 3 is 2.70 bits per heavy atom. The fourth-order valence-electron chi connectivity index (χ4n) is 3.80. The second-order valence-electron chi connectivity index (χ2n) is 7.85. The van der Waals surface area contributed by atoms with Gasteiger partial charge >= 0.3 is 0 Å². The zero-order chi connectivity index (χ0) is 20.8. The van der Waals surface area contributed by atoms with Crippen LogP contribution in [0.4, 0.5) is 0 Å². The van der Waals surface area contributed by atoms with Crippen LogP contribution in [-0.4, -0.2) is 35.6 Å². The summed E-state index contributed by atoms with van der Waals surface area (Å²) < 4.78 is 2.20. The van der Waals surface area contributed by atoms with Crippen molar-refractivity contribution in [2.45, 2.75) is 31.2 Å². The van der Waals surface area contributed by atoms with Crippen LogP contribution in [0, 0.1) is 0 Å². The predicted octanol–water partition coefficient (Wildman–Crippen LogP) is 4.02. The van der Waals surface area contributed by atoms with Gasteiger partial charge in [-0.3, -0.25) is 4.99 Å². The number of nitrogens with zero attached hydrogens (tertiary/aromatic N) is 3. The lowest BCUT2D eigenvalue weighted by atomic mass is 9.96. The average Bonchev–Trinajstić information content (AvgIpc) is 3.44. The van der Waals surface area contributed by atoms with Gasteiger partial charge in [0.1, 0.15) is 5.82 Å². The summed E-state index contributed by atoms with van der Waals surface area (Å²) in [6.45, 7) is 2.47. The molecule has 6 heteroatoms. The minimum atomic E-state index is 0.175. The highest BCUT2D eigenvalue weighted by atomic mass is 35.5. The molecule has 1 fully saturated rings. The van der Waals surface area contributed by atoms with Gasteiger partial charge in [-0.05, 0) is 36.1 Å². The molecule has 30 heavy (non-hydrogen) atoms. The normalized spacial score (nSPS) is 15.1. The summed E-state index contributed by atoms with van der Waals surface area (Å²) in [6, 6.07) is 18.7. The standard InChI is InChI=1S/C24H28ClN5/c1-26-23(29-18-24(11-12-24)20-8-5-9-21(25)16-20)28-13-10-22-27-14-15-30(22)17-19-6-3-2-4-7-19/h2-9,14-16H,10-13,17-18H2,1H3,(H2,26,28,29). The number of nitrogens with one attached hydrogen (secondary N) is 2. The van der Waals surface area contributed by atoms with E-state index in [9.17, 15) is 0 Å². The Hall–Kier alpha value is -2.79. The van der Waals surface area contributed by atoms with Crippen LogP contribution in [-0.2, 0) is 18.4 Å². The van der Waals surface area contributed by atoms with E-state index >= 15 is 0 Å². The van der Waals surface area contributed by atoms with E-state index in [1.165, 1.54) is 24.0 Å². The molecule has 0 saturated heterocycles. The van der Waals surface area contributed by atoms with E-state index in [1.54, 1.807) is 0 Å². The zero-order valence-electron chi connectivity index (χ0n) is 17.3. The van der Waals surface area contributed by atoms with Gasteiger partial charge in [-0.1, -0.05) is 54.1 Å². The SMILES string of the molecule is CN=C(NCCc1nccn1Cc1ccccc1)NCC1(c2cccc(Cl)c2)CC1. The Balaban J connectivity index is 1.27. The molecule has 0 radical (unpaired) electrons. The molecule has 0 aliphatic heterocycles. The van der Waals surface area contributed by atoms with Crippen LogP contribution >= 0.6 is 11.6 Å². The van der Waals surface area contributed by atoms with E-state index in [4.69, 9.17) is 11.6 Å². The van der Waals surface area contributed by atoms with Gasteiger partial charge in [0.2, 0.25) is 0 Å². The van der Waals surface area contributed by atoms with E-state index in [2.05, 4.69) is 61.6 Å². The predicted molar refractivity (Wildman–Crippen MR) is 123 cm³/mol. The van der Waals surface area contributed by atoms with Crippen molar-refractivity contribution in [3.05, 3.63) is 89.0 Å². The Morgan fingerprint density at radius 2 is 1.97 bits per heavy atom. The van der Waals surface area contributed by atoms with Crippen molar-refractivity contribution in [3.8, 4) is 0 Å². The smallest absolute Gasteiger partial charge is 0.191 e. The maximum absolute atomic E-state index is 6.19. The number of imidazole rings is 1. The third-order valence-electron chi connectivity index (χ3n) is 5.75. The molecule has 0 spiro atoms. The van der Waals surface area contributed by atoms with Gasteiger partial charge in [0, 0.05) is 55.9 Å². The number of hydrogen-bond acceptors (Lipinski definition) is 2. The summed E-state index contributed by atoms with van der Waals surface area (Å²) in [7, 11) is 1.81. The highest BCUT2D eigenvalue weighted by molar-refractivity contribution is 6.30. The van der Waals surface area contributed by atoms with Crippen LogP contribution in [0.15, 0.2) is 72.0 Å². The third kappa shape index (κ3) is 5.03. The summed E-state index contributed by atoms with van der Waals surface area (Å²) in [5.74, 6) is 1.89. The number of aliphatic imine (C=N–C) groups is 1. The van der Waals surface area contributed by atoms with Crippen LogP contribution in [0.2, 0.25) is 5.02 Å². The van der Waals surface area contributed by atoms with Crippen molar-refractivity contribution in [1.29, 1.82) is 0 Å². The van der Waals surface area contributed by atoms with E-state index < -0.39 is 0 Å². The minimum absolute atomic E-state index is 0.175. The van der Waals surface area contributed by atoms with E-state index in [0.29, 0.717) is 0 Å². The third-order valence-corrected chi connectivity index (χ3v) is 5.98. The van der Waals surface area contributed by atoms with E-state index in [1.807, 2.05) is 37.6 Å². The highest BCUT2D eigenvalue weighted by Gasteiger charge is 2.44. The molecule has 1 saturated carbocycles. The molecule has 2 N–H and O–H groups in total. The van der Waals surface area contributed by atoms with Gasteiger partial charge in [0.15, 0.2) is 5.96 Å². The first-order valence-corrected chi connectivity index (χ1v) is 10.8. The molecule has 0 atom stereocenters. The fourth-order valence-corrected chi connectivity index (χ4v) is 3.99. The minimum Gasteiger partial charge on any atom is -0.356 e. The lowest BCUT2D eigenvalue weighted by molar-refractivity contribution is 0.641. The topological polar surface area (TPSA) is 54.2 Å². The second-order valence-corrected chi connectivity index (χ2v) is 8.29. The highest BCUT2D eigenvalue weighted by Crippen LogP contribution is 2.48. The molecular formula is C24H28ClN5. The number of hydrogen-bond donors (Lipinski definition) is 2. The summed E-state index contributed by atoms with van der Waals surface area (Å²) in [5, 5.41) is 7.71. The van der Waals surface area contributed by atoms with Crippen LogP contribution < -0.4 is 10.6 Å². The maximum atomic E-state index is 6.19. The molecule has 0 bridgehead atoms. The molecule has 5 nitrogen and oxygen atoms in total. The molecular weight excluding hydrogens is 394 g/mol. The molecule has 1 heterocycles. The molecule has 3 aromatic rings. The maximum Gasteiger partial charge on any atom is 0.191 e. The van der Waals surface area contributed by atoms with Crippen LogP contribution in [0.3, 0.4) is 0 Å². The van der Waals surface area contributed by atoms with Crippen LogP contribution in [0.1, 0.15) is 29.8 Å². The van der Waals surface area contributed by atoms with Crippen molar-refractivity contribution in [2.75, 3.05) is 20.1 Å². The van der Waals surface area contributed by atoms with Crippen LogP contribution in [0.5, 0.6) is 0 Å². The fraction of sp³-hybridized carbons (Fsp3) is 0.333. The molecule has 1 aliphatic carbocycles. The lowest BCUT2D eigenvalue weighted by Gasteiger charge is -2.19. The van der Waals surface area contributed by atoms with Gasteiger partial charge in [-0.15, -0.1) is 0 Å². The van der Waals surface area contributed by atoms with E-state index in [0.717, 1.165) is 42.9 Å². The first-order chi connectivity index (χ1) is 14.7. The molecule has 1 aromatic heterocycles. The average molecular weight is 422 g/mol. The monoisotopic (exact) mass is 421 g/mol. The summed E-state index contributed by atoms with van der Waals surface area (Å²) in [5.41, 5.74) is 2.76. The number of benzene rings is 2. The van der Waals surface area contributed by atoms with Gasteiger partial charge in [-0.25, -0.2) is 4.98 Å². The molecule has 1 aliphatic rings. The number of rotatable bonds is 8. The first kappa shape index (κ1) is 20.5. The Bertz CT molecular complexity index is 992. The van der Waals surface area contributed by atoms with Crippen molar-refractivity contribution < 1.29 is 0 Å². The Labute approximate surface area is 183 Å². The molecule has 0 amide bonds. The molecule has 2 aromatic carbocycles. The van der Waals surface area contributed by atoms with Gasteiger partial charge in [-0.2, -0.15) is 0 Å². The molecule has 4 rings (SSSR count). The number of halogens is 1. The second kappa shape index (κ2) is 9.35. The quantitative estimate of drug-likeness (QED) is 0.426. The Morgan fingerprint density at radius 1 is 1.13 bits per heavy atom. The summed E-state index contributed by atoms with van der Waals surface area (Å²) in [4.78, 5) is 8.91. The number of guanidine groups is 1. The van der Waals surface area contributed by atoms with Crippen molar-refractivity contribution in [2.24, 2.45) is 4.99 Å². The molecule has 0 unspecified atom stereocenters. The summed E-state index contributed by atoms with van der Waals surface area (Å²) in [6.07, 6.45) is 7.09. The Kier molecular flexibility index (Phi) is 6.38. The van der Waals surface area contributed by atoms with Crippen LogP contribution in [0.25, 0.3) is 0 Å². The van der Waals surface area contributed by atoms with Gasteiger partial charge in [0.05, 0.1) is 0 Å². The van der Waals surface area contributed by atoms with Gasteiger partial charge < -0.3 is 15.2 Å². The van der Waals surface area contributed by atoms with E-state index in [-0.39, 0.29) is 5.41 Å². The van der Waals surface area contributed by atoms with Crippen molar-refractivity contribution in [1.82, 2.24) is 20.2 Å². The van der Waals surface area contributed by atoms with Crippen molar-refractivity contribution in [3.63, 3.8) is 0 Å². The molecule has 156 valence electrons. The summed E-state index contributed by atoms with van der Waals surface area (Å²) >= 11 is 6.19. The zero-order valence-corrected chi connectivity index (χ0v) is 18.1. The largest absolute Gasteiger partial charge is 0.356 e. The lowest BCUT2D eigenvalue weighted by Crippen LogP contribution is -2.42.